The molecule has 0 unspecified atom stereocenters. The molecule has 14 nitrogen and oxygen atoms in total. The van der Waals surface area contributed by atoms with Crippen molar-refractivity contribution in [2.75, 3.05) is 44.7 Å². The molecular formula is C25H30N6O8S. The molecule has 1 aliphatic heterocycles. The van der Waals surface area contributed by atoms with Gasteiger partial charge in [-0.05, 0) is 48.5 Å². The average Bonchev–Trinajstić information content (AvgIpc) is 2.91. The molecule has 1 saturated heterocycles. The van der Waals surface area contributed by atoms with E-state index in [0.29, 0.717) is 17.9 Å². The average molecular weight is 575 g/mol. The zero-order chi connectivity index (χ0) is 29.4. The summed E-state index contributed by atoms with van der Waals surface area (Å²) in [5.74, 6) is -2.76. The number of esters is 2. The SMILES string of the molecule is COc1ccc(S(=O)(=O)N[C@@H](CNC(=O)CN2CCN(c3ccc(C(=N)N)cc3)CC2=O)C(=O)OC(C)=O)cc1. The van der Waals surface area contributed by atoms with Crippen molar-refractivity contribution in [2.24, 2.45) is 5.73 Å². The Morgan fingerprint density at radius 3 is 2.27 bits per heavy atom. The van der Waals surface area contributed by atoms with Crippen molar-refractivity contribution in [1.82, 2.24) is 14.9 Å². The van der Waals surface area contributed by atoms with E-state index in [9.17, 15) is 27.6 Å². The first-order valence-electron chi connectivity index (χ1n) is 12.0. The van der Waals surface area contributed by atoms with Gasteiger partial charge in [0.15, 0.2) is 0 Å². The maximum atomic E-state index is 12.8. The number of methoxy groups -OCH3 is 1. The van der Waals surface area contributed by atoms with Gasteiger partial charge in [-0.3, -0.25) is 19.8 Å². The van der Waals surface area contributed by atoms with Crippen molar-refractivity contribution >= 4 is 45.3 Å². The van der Waals surface area contributed by atoms with Crippen molar-refractivity contribution in [3.05, 3.63) is 54.1 Å². The Balaban J connectivity index is 1.59. The van der Waals surface area contributed by atoms with Gasteiger partial charge in [0.05, 0.1) is 25.1 Å². The summed E-state index contributed by atoms with van der Waals surface area (Å²) in [6.45, 7) is 0.817. The van der Waals surface area contributed by atoms with Crippen molar-refractivity contribution < 1.29 is 37.1 Å². The molecule has 3 rings (SSSR count). The predicted molar refractivity (Wildman–Crippen MR) is 143 cm³/mol. The molecule has 0 radical (unpaired) electrons. The number of benzene rings is 2. The highest BCUT2D eigenvalue weighted by atomic mass is 32.2. The third-order valence-corrected chi connectivity index (χ3v) is 7.38. The molecule has 2 aromatic carbocycles. The first kappa shape index (κ1) is 30.0. The van der Waals surface area contributed by atoms with Gasteiger partial charge in [0.25, 0.3) is 0 Å². The monoisotopic (exact) mass is 574 g/mol. The topological polar surface area (TPSA) is 201 Å². The van der Waals surface area contributed by atoms with Crippen LogP contribution in [0.25, 0.3) is 0 Å². The Labute approximate surface area is 231 Å². The number of carbonyl (C=O) groups is 4. The normalized spacial score (nSPS) is 14.3. The molecule has 5 N–H and O–H groups in total. The molecule has 214 valence electrons. The van der Waals surface area contributed by atoms with Crippen LogP contribution in [0, 0.1) is 5.41 Å². The molecule has 2 amide bonds. The Kier molecular flexibility index (Phi) is 9.79. The molecule has 1 aliphatic rings. The highest BCUT2D eigenvalue weighted by molar-refractivity contribution is 7.89. The van der Waals surface area contributed by atoms with Crippen molar-refractivity contribution in [2.45, 2.75) is 17.9 Å². The Morgan fingerprint density at radius 2 is 1.73 bits per heavy atom. The number of amides is 2. The van der Waals surface area contributed by atoms with Gasteiger partial charge >= 0.3 is 11.9 Å². The van der Waals surface area contributed by atoms with Crippen LogP contribution in [0.2, 0.25) is 0 Å². The van der Waals surface area contributed by atoms with E-state index >= 15 is 0 Å². The maximum Gasteiger partial charge on any atom is 0.333 e. The van der Waals surface area contributed by atoms with E-state index in [1.54, 1.807) is 24.3 Å². The van der Waals surface area contributed by atoms with Crippen LogP contribution >= 0.6 is 0 Å². The van der Waals surface area contributed by atoms with Gasteiger partial charge in [0, 0.05) is 37.8 Å². The summed E-state index contributed by atoms with van der Waals surface area (Å²) in [7, 11) is -2.83. The summed E-state index contributed by atoms with van der Waals surface area (Å²) in [5, 5.41) is 9.89. The molecule has 0 saturated carbocycles. The van der Waals surface area contributed by atoms with Gasteiger partial charge in [0.2, 0.25) is 21.8 Å². The molecule has 0 bridgehead atoms. The Morgan fingerprint density at radius 1 is 1.07 bits per heavy atom. The van der Waals surface area contributed by atoms with Crippen LogP contribution in [0.1, 0.15) is 12.5 Å². The lowest BCUT2D eigenvalue weighted by atomic mass is 10.1. The van der Waals surface area contributed by atoms with Gasteiger partial charge < -0.3 is 30.3 Å². The minimum atomic E-state index is -4.25. The second-order valence-electron chi connectivity index (χ2n) is 8.76. The number of sulfonamides is 1. The number of nitrogens with one attached hydrogen (secondary N) is 3. The molecule has 15 heteroatoms. The number of piperazine rings is 1. The summed E-state index contributed by atoms with van der Waals surface area (Å²) >= 11 is 0. The second kappa shape index (κ2) is 13.0. The lowest BCUT2D eigenvalue weighted by molar-refractivity contribution is -0.159. The number of rotatable bonds is 11. The highest BCUT2D eigenvalue weighted by Gasteiger charge is 2.30. The number of hydrogen-bond acceptors (Lipinski definition) is 10. The molecule has 1 heterocycles. The molecule has 0 spiro atoms. The maximum absolute atomic E-state index is 12.8. The number of anilines is 1. The number of carbonyl (C=O) groups excluding carboxylic acids is 4. The summed E-state index contributed by atoms with van der Waals surface area (Å²) in [6.07, 6.45) is 0. The standard InChI is InChI=1S/C25H30N6O8S/c1-16(32)39-25(35)21(29-40(36,37)20-9-7-19(38-2)8-10-20)13-28-22(33)14-31-12-11-30(15-23(31)34)18-5-3-17(4-6-18)24(26)27/h3-10,21,29H,11-15H2,1-2H3,(H3,26,27)(H,28,33)/t21-/m0/s1. The first-order chi connectivity index (χ1) is 18.9. The molecule has 0 aliphatic carbocycles. The molecule has 0 aromatic heterocycles. The van der Waals surface area contributed by atoms with Crippen molar-refractivity contribution in [1.29, 1.82) is 5.41 Å². The Hall–Kier alpha value is -4.50. The minimum absolute atomic E-state index is 0.0158. The number of nitrogens with two attached hydrogens (primary N) is 1. The molecular weight excluding hydrogens is 544 g/mol. The van der Waals surface area contributed by atoms with E-state index in [-0.39, 0.29) is 36.3 Å². The number of nitrogens with zero attached hydrogens (tertiary/aromatic N) is 2. The zero-order valence-corrected chi connectivity index (χ0v) is 22.7. The van der Waals surface area contributed by atoms with E-state index in [1.807, 2.05) is 4.90 Å². The lowest BCUT2D eigenvalue weighted by Crippen LogP contribution is -2.54. The van der Waals surface area contributed by atoms with Gasteiger partial charge in [0.1, 0.15) is 17.6 Å². The molecule has 40 heavy (non-hydrogen) atoms. The smallest absolute Gasteiger partial charge is 0.333 e. The molecule has 2 aromatic rings. The zero-order valence-electron chi connectivity index (χ0n) is 21.9. The van der Waals surface area contributed by atoms with E-state index in [2.05, 4.69) is 14.8 Å². The van der Waals surface area contributed by atoms with E-state index in [0.717, 1.165) is 12.6 Å². The third kappa shape index (κ3) is 8.00. The summed E-state index contributed by atoms with van der Waals surface area (Å²) in [6, 6.07) is 10.6. The predicted octanol–water partition coefficient (Wildman–Crippen LogP) is -0.819. The number of nitrogen functional groups attached to an aromatic ring is 1. The number of hydrogen-bond donors (Lipinski definition) is 4. The number of ether oxygens (including phenoxy) is 2. The van der Waals surface area contributed by atoms with Gasteiger partial charge in [-0.2, -0.15) is 4.72 Å². The van der Waals surface area contributed by atoms with Crippen molar-refractivity contribution in [3.63, 3.8) is 0 Å². The molecule has 1 atom stereocenters. The third-order valence-electron chi connectivity index (χ3n) is 5.90. The highest BCUT2D eigenvalue weighted by Crippen LogP contribution is 2.18. The largest absolute Gasteiger partial charge is 0.497 e. The second-order valence-corrected chi connectivity index (χ2v) is 10.5. The van der Waals surface area contributed by atoms with Gasteiger partial charge in [-0.15, -0.1) is 0 Å². The van der Waals surface area contributed by atoms with Gasteiger partial charge in [-0.1, -0.05) is 0 Å². The summed E-state index contributed by atoms with van der Waals surface area (Å²) in [5.41, 5.74) is 6.79. The van der Waals surface area contributed by atoms with E-state index < -0.39 is 40.5 Å². The Bertz CT molecular complexity index is 1380. The summed E-state index contributed by atoms with van der Waals surface area (Å²) < 4.78 is 37.3. The van der Waals surface area contributed by atoms with E-state index in [4.69, 9.17) is 15.9 Å². The van der Waals surface area contributed by atoms with Crippen LogP contribution in [0.5, 0.6) is 5.75 Å². The minimum Gasteiger partial charge on any atom is -0.497 e. The fourth-order valence-electron chi connectivity index (χ4n) is 3.79. The van der Waals surface area contributed by atoms with Crippen LogP contribution in [0.4, 0.5) is 5.69 Å². The summed E-state index contributed by atoms with van der Waals surface area (Å²) in [4.78, 5) is 52.0. The van der Waals surface area contributed by atoms with Gasteiger partial charge in [-0.25, -0.2) is 13.2 Å². The number of amidine groups is 1. The van der Waals surface area contributed by atoms with Crippen LogP contribution < -0.4 is 25.4 Å². The fraction of sp³-hybridized carbons (Fsp3) is 0.320. The van der Waals surface area contributed by atoms with Crippen LogP contribution in [0.15, 0.2) is 53.4 Å². The first-order valence-corrected chi connectivity index (χ1v) is 13.5. The van der Waals surface area contributed by atoms with Crippen molar-refractivity contribution in [3.8, 4) is 5.75 Å². The van der Waals surface area contributed by atoms with Crippen LogP contribution in [-0.2, 0) is 33.9 Å². The lowest BCUT2D eigenvalue weighted by Gasteiger charge is -2.35. The fourth-order valence-corrected chi connectivity index (χ4v) is 4.97. The molecule has 1 fully saturated rings. The van der Waals surface area contributed by atoms with E-state index in [1.165, 1.54) is 36.3 Å². The van der Waals surface area contributed by atoms with Crippen LogP contribution in [0.3, 0.4) is 0 Å². The van der Waals surface area contributed by atoms with Crippen LogP contribution in [-0.4, -0.2) is 88.8 Å². The quantitative estimate of drug-likeness (QED) is 0.114.